The van der Waals surface area contributed by atoms with Crippen molar-refractivity contribution in [3.63, 3.8) is 0 Å². The van der Waals surface area contributed by atoms with Gasteiger partial charge in [-0.3, -0.25) is 4.98 Å². The fourth-order valence-corrected chi connectivity index (χ4v) is 2.72. The molecule has 0 radical (unpaired) electrons. The van der Waals surface area contributed by atoms with Crippen LogP contribution in [0.25, 0.3) is 16.7 Å². The van der Waals surface area contributed by atoms with Crippen molar-refractivity contribution in [2.75, 3.05) is 7.11 Å². The predicted molar refractivity (Wildman–Crippen MR) is 91.7 cm³/mol. The first-order valence-electron chi connectivity index (χ1n) is 8.06. The molecule has 1 aromatic carbocycles. The molecule has 1 fully saturated rings. The molecule has 1 saturated carbocycles. The highest BCUT2D eigenvalue weighted by Gasteiger charge is 2.26. The minimum Gasteiger partial charge on any atom is -0.542 e. The predicted octanol–water partition coefficient (Wildman–Crippen LogP) is 3.15. The minimum absolute atomic E-state index is 0.306. The average molecular weight is 323 g/mol. The van der Waals surface area contributed by atoms with Crippen LogP contribution in [0.15, 0.2) is 42.9 Å². The van der Waals surface area contributed by atoms with Gasteiger partial charge in [0.15, 0.2) is 11.5 Å². The van der Waals surface area contributed by atoms with E-state index in [4.69, 9.17) is 14.1 Å². The standard InChI is InChI=1S/C18H18BNO4/c1-22-17-5-2-12(7-18(17)24-16-3-4-16)13-6-14(10-20-9-13)15-8-19(21)23-11-15/h2,5-7,9-11,16,21H,3-4,8H2,1H3. The molecule has 2 aromatic rings. The molecule has 1 N–H and O–H groups in total. The van der Waals surface area contributed by atoms with E-state index in [0.717, 1.165) is 46.6 Å². The highest BCUT2D eigenvalue weighted by Crippen LogP contribution is 2.37. The number of rotatable bonds is 5. The van der Waals surface area contributed by atoms with Crippen molar-refractivity contribution < 1.29 is 19.2 Å². The lowest BCUT2D eigenvalue weighted by Crippen LogP contribution is -2.08. The highest BCUT2D eigenvalue weighted by molar-refractivity contribution is 6.47. The first-order chi connectivity index (χ1) is 11.7. The second kappa shape index (κ2) is 6.21. The molecule has 0 atom stereocenters. The van der Waals surface area contributed by atoms with Gasteiger partial charge in [-0.2, -0.15) is 0 Å². The molecule has 0 bridgehead atoms. The van der Waals surface area contributed by atoms with Crippen LogP contribution in [0.3, 0.4) is 0 Å². The molecule has 0 unspecified atom stereocenters. The Bertz CT molecular complexity index is 788. The summed E-state index contributed by atoms with van der Waals surface area (Å²) in [5, 5.41) is 9.51. The zero-order valence-electron chi connectivity index (χ0n) is 13.4. The van der Waals surface area contributed by atoms with Gasteiger partial charge in [0.25, 0.3) is 0 Å². The summed E-state index contributed by atoms with van der Waals surface area (Å²) in [7, 11) is 0.887. The van der Waals surface area contributed by atoms with Crippen LogP contribution in [0, 0.1) is 0 Å². The molecule has 0 amide bonds. The SMILES string of the molecule is COc1ccc(-c2cncc(C3=COB(O)C3)c2)cc1OC1CC1. The van der Waals surface area contributed by atoms with Gasteiger partial charge in [-0.25, -0.2) is 0 Å². The fourth-order valence-electron chi connectivity index (χ4n) is 2.72. The topological polar surface area (TPSA) is 60.8 Å². The number of nitrogens with zero attached hydrogens (tertiary/aromatic N) is 1. The van der Waals surface area contributed by atoms with E-state index in [1.807, 2.05) is 30.5 Å². The molecule has 2 heterocycles. The third-order valence-electron chi connectivity index (χ3n) is 4.19. The third kappa shape index (κ3) is 3.10. The summed E-state index contributed by atoms with van der Waals surface area (Å²) in [6.45, 7) is 0. The number of aromatic nitrogens is 1. The summed E-state index contributed by atoms with van der Waals surface area (Å²) in [6.07, 6.45) is 8.18. The zero-order chi connectivity index (χ0) is 16.5. The number of allylic oxidation sites excluding steroid dienone is 1. The lowest BCUT2D eigenvalue weighted by atomic mass is 9.82. The Balaban J connectivity index is 1.65. The smallest absolute Gasteiger partial charge is 0.526 e. The van der Waals surface area contributed by atoms with Gasteiger partial charge in [0.2, 0.25) is 0 Å². The summed E-state index contributed by atoms with van der Waals surface area (Å²) >= 11 is 0. The number of hydrogen-bond acceptors (Lipinski definition) is 5. The van der Waals surface area contributed by atoms with Gasteiger partial charge in [-0.1, -0.05) is 6.07 Å². The van der Waals surface area contributed by atoms with E-state index in [-0.39, 0.29) is 0 Å². The van der Waals surface area contributed by atoms with Crippen LogP contribution < -0.4 is 9.47 Å². The van der Waals surface area contributed by atoms with Crippen LogP contribution >= 0.6 is 0 Å². The Hall–Kier alpha value is -2.47. The summed E-state index contributed by atoms with van der Waals surface area (Å²) in [5.74, 6) is 1.51. The second-order valence-electron chi connectivity index (χ2n) is 6.08. The van der Waals surface area contributed by atoms with Crippen LogP contribution in [0.1, 0.15) is 18.4 Å². The molecule has 1 aliphatic heterocycles. The van der Waals surface area contributed by atoms with Crippen LogP contribution in [0.2, 0.25) is 6.32 Å². The summed E-state index contributed by atoms with van der Waals surface area (Å²) in [6, 6.07) is 7.95. The van der Waals surface area contributed by atoms with Gasteiger partial charge in [-0.05, 0) is 47.7 Å². The summed E-state index contributed by atoms with van der Waals surface area (Å²) < 4.78 is 16.4. The number of ether oxygens (including phenoxy) is 2. The van der Waals surface area contributed by atoms with Gasteiger partial charge in [0.1, 0.15) is 0 Å². The third-order valence-corrected chi connectivity index (χ3v) is 4.19. The number of hydrogen-bond donors (Lipinski definition) is 1. The molecule has 6 heteroatoms. The van der Waals surface area contributed by atoms with Crippen molar-refractivity contribution in [2.45, 2.75) is 25.3 Å². The molecule has 2 aliphatic rings. The number of pyridine rings is 1. The van der Waals surface area contributed by atoms with E-state index in [2.05, 4.69) is 4.98 Å². The molecule has 24 heavy (non-hydrogen) atoms. The van der Waals surface area contributed by atoms with E-state index in [1.165, 1.54) is 0 Å². The fraction of sp³-hybridized carbons (Fsp3) is 0.278. The number of benzene rings is 1. The molecule has 5 nitrogen and oxygen atoms in total. The Morgan fingerprint density at radius 3 is 2.67 bits per heavy atom. The first kappa shape index (κ1) is 15.1. The Labute approximate surface area is 141 Å². The molecular formula is C18H18BNO4. The second-order valence-corrected chi connectivity index (χ2v) is 6.08. The van der Waals surface area contributed by atoms with Crippen molar-refractivity contribution >= 4 is 12.7 Å². The van der Waals surface area contributed by atoms with E-state index in [9.17, 15) is 5.02 Å². The summed E-state index contributed by atoms with van der Waals surface area (Å²) in [4.78, 5) is 4.33. The van der Waals surface area contributed by atoms with E-state index in [0.29, 0.717) is 12.4 Å². The Morgan fingerprint density at radius 1 is 1.12 bits per heavy atom. The quantitative estimate of drug-likeness (QED) is 0.857. The molecule has 0 spiro atoms. The van der Waals surface area contributed by atoms with Crippen LogP contribution in [0.5, 0.6) is 11.5 Å². The van der Waals surface area contributed by atoms with Crippen LogP contribution in [-0.2, 0) is 4.65 Å². The van der Waals surface area contributed by atoms with Crippen molar-refractivity contribution in [2.24, 2.45) is 0 Å². The van der Waals surface area contributed by atoms with Gasteiger partial charge in [0.05, 0.1) is 19.5 Å². The van der Waals surface area contributed by atoms with Gasteiger partial charge in [0, 0.05) is 24.3 Å². The van der Waals surface area contributed by atoms with Crippen molar-refractivity contribution in [1.82, 2.24) is 4.98 Å². The average Bonchev–Trinajstić information content (AvgIpc) is 3.32. The lowest BCUT2D eigenvalue weighted by Gasteiger charge is -2.12. The zero-order valence-corrected chi connectivity index (χ0v) is 13.4. The van der Waals surface area contributed by atoms with Crippen molar-refractivity contribution in [3.05, 3.63) is 48.5 Å². The van der Waals surface area contributed by atoms with Crippen LogP contribution in [-0.4, -0.2) is 30.3 Å². The van der Waals surface area contributed by atoms with Crippen LogP contribution in [0.4, 0.5) is 0 Å². The first-order valence-corrected chi connectivity index (χ1v) is 8.06. The lowest BCUT2D eigenvalue weighted by molar-refractivity contribution is 0.282. The van der Waals surface area contributed by atoms with E-state index in [1.54, 1.807) is 19.6 Å². The van der Waals surface area contributed by atoms with Gasteiger partial charge in [-0.15, -0.1) is 0 Å². The summed E-state index contributed by atoms with van der Waals surface area (Å²) in [5.41, 5.74) is 3.89. The maximum atomic E-state index is 9.51. The molecule has 1 aliphatic carbocycles. The normalized spacial score (nSPS) is 16.6. The van der Waals surface area contributed by atoms with Gasteiger partial charge < -0.3 is 19.2 Å². The molecular weight excluding hydrogens is 305 g/mol. The van der Waals surface area contributed by atoms with Gasteiger partial charge >= 0.3 is 7.12 Å². The maximum absolute atomic E-state index is 9.51. The monoisotopic (exact) mass is 323 g/mol. The Morgan fingerprint density at radius 2 is 1.96 bits per heavy atom. The van der Waals surface area contributed by atoms with E-state index >= 15 is 0 Å². The minimum atomic E-state index is -0.761. The van der Waals surface area contributed by atoms with Crippen molar-refractivity contribution in [1.29, 1.82) is 0 Å². The molecule has 122 valence electrons. The van der Waals surface area contributed by atoms with Crippen molar-refractivity contribution in [3.8, 4) is 22.6 Å². The molecule has 4 rings (SSSR count). The van der Waals surface area contributed by atoms with E-state index < -0.39 is 7.12 Å². The highest BCUT2D eigenvalue weighted by atomic mass is 16.5. The number of methoxy groups -OCH3 is 1. The molecule has 0 saturated heterocycles. The largest absolute Gasteiger partial charge is 0.542 e. The maximum Gasteiger partial charge on any atom is 0.526 e. The Kier molecular flexibility index (Phi) is 3.90. The molecule has 1 aromatic heterocycles.